The summed E-state index contributed by atoms with van der Waals surface area (Å²) in [6, 6.07) is 16.5. The minimum atomic E-state index is -0.439. The minimum Gasteiger partial charge on any atom is -0.484 e. The smallest absolute Gasteiger partial charge is 0.262 e. The largest absolute Gasteiger partial charge is 0.484 e. The van der Waals surface area contributed by atoms with Crippen molar-refractivity contribution in [2.45, 2.75) is 44.4 Å². The van der Waals surface area contributed by atoms with E-state index in [2.05, 4.69) is 5.32 Å². The number of carbonyl (C=O) groups is 3. The first-order valence-electron chi connectivity index (χ1n) is 11.4. The number of rotatable bonds is 5. The summed E-state index contributed by atoms with van der Waals surface area (Å²) in [4.78, 5) is 38.1. The highest BCUT2D eigenvalue weighted by atomic mass is 16.5. The highest BCUT2D eigenvalue weighted by molar-refractivity contribution is 6.05. The molecule has 0 radical (unpaired) electrons. The van der Waals surface area contributed by atoms with Gasteiger partial charge in [0.05, 0.1) is 0 Å². The number of allylic oxidation sites excluding steroid dienone is 4. The molecule has 0 atom stereocenters. The van der Waals surface area contributed by atoms with Crippen LogP contribution in [0.15, 0.2) is 77.3 Å². The van der Waals surface area contributed by atoms with Crippen LogP contribution in [0.25, 0.3) is 0 Å². The Morgan fingerprint density at radius 3 is 2.21 bits per heavy atom. The lowest BCUT2D eigenvalue weighted by Gasteiger charge is -2.36. The van der Waals surface area contributed by atoms with Crippen LogP contribution in [0.4, 0.5) is 5.69 Å². The second-order valence-corrected chi connectivity index (χ2v) is 8.54. The van der Waals surface area contributed by atoms with Crippen LogP contribution in [0.1, 0.15) is 50.0 Å². The first kappa shape index (κ1) is 21.2. The molecule has 0 saturated heterocycles. The Kier molecular flexibility index (Phi) is 5.82. The van der Waals surface area contributed by atoms with E-state index in [9.17, 15) is 14.4 Å². The lowest BCUT2D eigenvalue weighted by molar-refractivity contribution is -0.119. The van der Waals surface area contributed by atoms with Crippen LogP contribution in [0.2, 0.25) is 0 Å². The average Bonchev–Trinajstić information content (AvgIpc) is 2.83. The van der Waals surface area contributed by atoms with Gasteiger partial charge in [-0.05, 0) is 42.7 Å². The van der Waals surface area contributed by atoms with E-state index in [1.54, 1.807) is 6.07 Å². The first-order chi connectivity index (χ1) is 16.1. The van der Waals surface area contributed by atoms with Crippen molar-refractivity contribution < 1.29 is 23.9 Å². The number of ether oxygens (including phenoxy) is 2. The second-order valence-electron chi connectivity index (χ2n) is 8.54. The number of ketones is 2. The molecule has 168 valence electrons. The van der Waals surface area contributed by atoms with Gasteiger partial charge in [0.15, 0.2) is 18.2 Å². The van der Waals surface area contributed by atoms with Crippen molar-refractivity contribution in [3.8, 4) is 5.75 Å². The zero-order valence-electron chi connectivity index (χ0n) is 18.3. The van der Waals surface area contributed by atoms with Gasteiger partial charge < -0.3 is 14.8 Å². The van der Waals surface area contributed by atoms with Crippen molar-refractivity contribution in [1.29, 1.82) is 0 Å². The predicted octanol–water partition coefficient (Wildman–Crippen LogP) is 4.83. The highest BCUT2D eigenvalue weighted by Gasteiger charge is 2.41. The molecule has 5 rings (SSSR count). The van der Waals surface area contributed by atoms with E-state index in [1.807, 2.05) is 48.5 Å². The van der Waals surface area contributed by atoms with E-state index in [0.717, 1.165) is 18.4 Å². The molecule has 6 heteroatoms. The highest BCUT2D eigenvalue weighted by Crippen LogP contribution is 2.48. The third-order valence-corrected chi connectivity index (χ3v) is 6.26. The van der Waals surface area contributed by atoms with Gasteiger partial charge in [0.2, 0.25) is 0 Å². The maximum atomic E-state index is 12.9. The van der Waals surface area contributed by atoms with Crippen molar-refractivity contribution in [1.82, 2.24) is 0 Å². The van der Waals surface area contributed by atoms with Gasteiger partial charge in [-0.25, -0.2) is 0 Å². The minimum absolute atomic E-state index is 0.0414. The van der Waals surface area contributed by atoms with Crippen LogP contribution < -0.4 is 10.1 Å². The summed E-state index contributed by atoms with van der Waals surface area (Å²) in [5.41, 5.74) is 2.72. The fraction of sp³-hybridized carbons (Fsp3) is 0.296. The molecule has 1 N–H and O–H groups in total. The Morgan fingerprint density at radius 2 is 1.55 bits per heavy atom. The van der Waals surface area contributed by atoms with Crippen LogP contribution in [0.5, 0.6) is 5.75 Å². The summed E-state index contributed by atoms with van der Waals surface area (Å²) in [7, 11) is 0. The topological polar surface area (TPSA) is 81.7 Å². The predicted molar refractivity (Wildman–Crippen MR) is 123 cm³/mol. The Hall–Kier alpha value is -3.67. The normalized spacial score (nSPS) is 18.4. The number of nitrogens with one attached hydrogen (secondary N) is 1. The number of carbonyl (C=O) groups excluding carboxylic acids is 3. The second kappa shape index (κ2) is 9.06. The van der Waals surface area contributed by atoms with Crippen molar-refractivity contribution in [2.24, 2.45) is 0 Å². The Bertz CT molecular complexity index is 1140. The van der Waals surface area contributed by atoms with Gasteiger partial charge in [-0.3, -0.25) is 14.4 Å². The molecule has 0 bridgehead atoms. The van der Waals surface area contributed by atoms with E-state index in [0.29, 0.717) is 59.8 Å². The van der Waals surface area contributed by atoms with Crippen LogP contribution in [-0.4, -0.2) is 24.1 Å². The van der Waals surface area contributed by atoms with Gasteiger partial charge in [-0.15, -0.1) is 0 Å². The molecule has 0 unspecified atom stereocenters. The van der Waals surface area contributed by atoms with Crippen molar-refractivity contribution in [3.63, 3.8) is 0 Å². The zero-order chi connectivity index (χ0) is 22.8. The quantitative estimate of drug-likeness (QED) is 0.716. The molecule has 1 aliphatic heterocycles. The van der Waals surface area contributed by atoms with E-state index in [4.69, 9.17) is 9.47 Å². The van der Waals surface area contributed by atoms with Gasteiger partial charge in [0.1, 0.15) is 17.3 Å². The number of Topliss-reactive ketones (excluding diaryl/α,β-unsaturated/α-hetero) is 2. The molecular weight excluding hydrogens is 418 g/mol. The van der Waals surface area contributed by atoms with Crippen molar-refractivity contribution in [3.05, 3.63) is 82.8 Å². The van der Waals surface area contributed by atoms with Crippen molar-refractivity contribution in [2.75, 3.05) is 11.9 Å². The number of hydrogen-bond donors (Lipinski definition) is 1. The summed E-state index contributed by atoms with van der Waals surface area (Å²) in [6.45, 7) is -0.147. The standard InChI is InChI=1S/C27H25NO5/c29-20-11-5-13-22-26(20)25(27-21(30)12-6-14-23(27)33-22)17-7-4-10-19(15-17)32-16-24(31)28-18-8-2-1-3-9-18/h1-4,7-10,15,25H,5-6,11-14,16H2,(H,28,31). The lowest BCUT2D eigenvalue weighted by atomic mass is 9.73. The van der Waals surface area contributed by atoms with E-state index < -0.39 is 5.92 Å². The molecule has 33 heavy (non-hydrogen) atoms. The molecule has 6 nitrogen and oxygen atoms in total. The van der Waals surface area contributed by atoms with Crippen LogP contribution >= 0.6 is 0 Å². The third kappa shape index (κ3) is 4.33. The maximum absolute atomic E-state index is 12.9. The van der Waals surface area contributed by atoms with Gasteiger partial charge in [-0.1, -0.05) is 30.3 Å². The van der Waals surface area contributed by atoms with E-state index in [1.165, 1.54) is 0 Å². The number of benzene rings is 2. The third-order valence-electron chi connectivity index (χ3n) is 6.26. The Morgan fingerprint density at radius 1 is 0.879 bits per heavy atom. The van der Waals surface area contributed by atoms with Gasteiger partial charge in [0.25, 0.3) is 5.91 Å². The number of hydrogen-bond acceptors (Lipinski definition) is 5. The van der Waals surface area contributed by atoms with Crippen LogP contribution in [-0.2, 0) is 19.1 Å². The molecule has 0 spiro atoms. The molecular formula is C27H25NO5. The van der Waals surface area contributed by atoms with Gasteiger partial charge in [0, 0.05) is 48.4 Å². The molecule has 3 aliphatic rings. The summed E-state index contributed by atoms with van der Waals surface area (Å²) in [6.07, 6.45) is 3.87. The molecule has 1 amide bonds. The molecule has 2 aromatic rings. The summed E-state index contributed by atoms with van der Waals surface area (Å²) >= 11 is 0. The average molecular weight is 443 g/mol. The maximum Gasteiger partial charge on any atom is 0.262 e. The summed E-state index contributed by atoms with van der Waals surface area (Å²) in [5, 5.41) is 2.79. The molecule has 2 aromatic carbocycles. The number of anilines is 1. The van der Waals surface area contributed by atoms with E-state index in [-0.39, 0.29) is 24.1 Å². The van der Waals surface area contributed by atoms with Crippen LogP contribution in [0, 0.1) is 0 Å². The molecule has 2 aliphatic carbocycles. The van der Waals surface area contributed by atoms with Crippen molar-refractivity contribution >= 4 is 23.2 Å². The monoisotopic (exact) mass is 443 g/mol. The lowest BCUT2D eigenvalue weighted by Crippen LogP contribution is -2.30. The van der Waals surface area contributed by atoms with Gasteiger partial charge >= 0.3 is 0 Å². The summed E-state index contributed by atoms with van der Waals surface area (Å²) in [5.74, 6) is 1.30. The van der Waals surface area contributed by atoms with Crippen LogP contribution in [0.3, 0.4) is 0 Å². The molecule has 1 heterocycles. The fourth-order valence-electron chi connectivity index (χ4n) is 4.80. The number of amides is 1. The molecule has 0 saturated carbocycles. The molecule has 0 aromatic heterocycles. The Labute approximate surface area is 192 Å². The first-order valence-corrected chi connectivity index (χ1v) is 11.4. The number of para-hydroxylation sites is 1. The Balaban J connectivity index is 1.41. The molecule has 0 fully saturated rings. The zero-order valence-corrected chi connectivity index (χ0v) is 18.3. The summed E-state index contributed by atoms with van der Waals surface area (Å²) < 4.78 is 11.8. The fourth-order valence-corrected chi connectivity index (χ4v) is 4.80. The SMILES string of the molecule is O=C(COc1cccc(C2C3=C(CCCC3=O)OC3=C2C(=O)CCC3)c1)Nc1ccccc1. The van der Waals surface area contributed by atoms with E-state index >= 15 is 0 Å². The van der Waals surface area contributed by atoms with Gasteiger partial charge in [-0.2, -0.15) is 0 Å².